The summed E-state index contributed by atoms with van der Waals surface area (Å²) in [5.41, 5.74) is 0. The standard InChI is InChI=1S/C12H18O3/c13-11(12-5-1-2-8-15-12)7-6-10-4-3-9-14-10/h5,10H,1-4,6-9H2. The molecule has 84 valence electrons. The molecule has 0 amide bonds. The maximum absolute atomic E-state index is 11.7. The van der Waals surface area contributed by atoms with E-state index in [1.807, 2.05) is 6.08 Å². The van der Waals surface area contributed by atoms with Crippen LogP contribution < -0.4 is 0 Å². The third-order valence-electron chi connectivity index (χ3n) is 2.93. The predicted octanol–water partition coefficient (Wildman–Crippen LogP) is 2.21. The number of hydrogen-bond acceptors (Lipinski definition) is 3. The highest BCUT2D eigenvalue weighted by atomic mass is 16.5. The van der Waals surface area contributed by atoms with Crippen molar-refractivity contribution < 1.29 is 14.3 Å². The second kappa shape index (κ2) is 5.31. The van der Waals surface area contributed by atoms with Gasteiger partial charge in [-0.2, -0.15) is 0 Å². The molecule has 0 spiro atoms. The van der Waals surface area contributed by atoms with Crippen LogP contribution in [-0.4, -0.2) is 25.1 Å². The maximum Gasteiger partial charge on any atom is 0.197 e. The summed E-state index contributed by atoms with van der Waals surface area (Å²) in [6.07, 6.45) is 7.88. The van der Waals surface area contributed by atoms with Crippen LogP contribution in [0.3, 0.4) is 0 Å². The Balaban J connectivity index is 1.73. The van der Waals surface area contributed by atoms with Crippen LogP contribution in [0.2, 0.25) is 0 Å². The average Bonchev–Trinajstić information content (AvgIpc) is 2.80. The van der Waals surface area contributed by atoms with E-state index in [2.05, 4.69) is 0 Å². The van der Waals surface area contributed by atoms with Crippen molar-refractivity contribution in [1.29, 1.82) is 0 Å². The molecule has 0 saturated carbocycles. The van der Waals surface area contributed by atoms with Crippen molar-refractivity contribution in [3.05, 3.63) is 11.8 Å². The van der Waals surface area contributed by atoms with Gasteiger partial charge in [-0.05, 0) is 38.2 Å². The number of Topliss-reactive ketones (excluding diaryl/α,β-unsaturated/α-hetero) is 1. The van der Waals surface area contributed by atoms with Crippen LogP contribution in [0.25, 0.3) is 0 Å². The summed E-state index contributed by atoms with van der Waals surface area (Å²) in [6, 6.07) is 0. The third kappa shape index (κ3) is 3.06. The van der Waals surface area contributed by atoms with Gasteiger partial charge in [0.05, 0.1) is 12.7 Å². The first-order valence-electron chi connectivity index (χ1n) is 5.84. The highest BCUT2D eigenvalue weighted by molar-refractivity contribution is 5.93. The summed E-state index contributed by atoms with van der Waals surface area (Å²) in [7, 11) is 0. The van der Waals surface area contributed by atoms with Gasteiger partial charge in [0.25, 0.3) is 0 Å². The molecule has 2 aliphatic rings. The van der Waals surface area contributed by atoms with Crippen molar-refractivity contribution in [1.82, 2.24) is 0 Å². The zero-order chi connectivity index (χ0) is 10.5. The lowest BCUT2D eigenvalue weighted by molar-refractivity contribution is -0.119. The van der Waals surface area contributed by atoms with Crippen molar-refractivity contribution >= 4 is 5.78 Å². The van der Waals surface area contributed by atoms with Gasteiger partial charge in [0, 0.05) is 13.0 Å². The summed E-state index contributed by atoms with van der Waals surface area (Å²) in [6.45, 7) is 1.55. The molecule has 2 rings (SSSR count). The first-order chi connectivity index (χ1) is 7.36. The molecule has 0 aromatic carbocycles. The minimum absolute atomic E-state index is 0.144. The van der Waals surface area contributed by atoms with E-state index in [9.17, 15) is 4.79 Å². The Morgan fingerprint density at radius 2 is 2.33 bits per heavy atom. The van der Waals surface area contributed by atoms with Crippen molar-refractivity contribution in [3.8, 4) is 0 Å². The Kier molecular flexibility index (Phi) is 3.78. The van der Waals surface area contributed by atoms with Gasteiger partial charge in [-0.3, -0.25) is 4.79 Å². The molecule has 3 nitrogen and oxygen atoms in total. The average molecular weight is 210 g/mol. The van der Waals surface area contributed by atoms with Crippen LogP contribution in [0, 0.1) is 0 Å². The molecule has 0 aromatic rings. The zero-order valence-corrected chi connectivity index (χ0v) is 9.04. The third-order valence-corrected chi connectivity index (χ3v) is 2.93. The molecule has 0 aliphatic carbocycles. The summed E-state index contributed by atoms with van der Waals surface area (Å²) in [4.78, 5) is 11.7. The van der Waals surface area contributed by atoms with E-state index in [1.54, 1.807) is 0 Å². The molecule has 1 fully saturated rings. The Labute approximate surface area is 90.4 Å². The quantitative estimate of drug-likeness (QED) is 0.713. The van der Waals surface area contributed by atoms with Crippen molar-refractivity contribution in [2.45, 2.75) is 44.6 Å². The van der Waals surface area contributed by atoms with Crippen LogP contribution in [0.1, 0.15) is 38.5 Å². The molecular weight excluding hydrogens is 192 g/mol. The summed E-state index contributed by atoms with van der Waals surface area (Å²) < 4.78 is 10.8. The molecule has 1 unspecified atom stereocenters. The van der Waals surface area contributed by atoms with E-state index in [4.69, 9.17) is 9.47 Å². The number of hydrogen-bond donors (Lipinski definition) is 0. The van der Waals surface area contributed by atoms with Crippen LogP contribution in [-0.2, 0) is 14.3 Å². The second-order valence-corrected chi connectivity index (χ2v) is 4.16. The van der Waals surface area contributed by atoms with E-state index in [-0.39, 0.29) is 5.78 Å². The van der Waals surface area contributed by atoms with E-state index in [0.717, 1.165) is 38.7 Å². The van der Waals surface area contributed by atoms with Gasteiger partial charge in [0.1, 0.15) is 0 Å². The number of carbonyl (C=O) groups is 1. The van der Waals surface area contributed by atoms with Crippen LogP contribution in [0.5, 0.6) is 0 Å². The van der Waals surface area contributed by atoms with Crippen LogP contribution in [0.4, 0.5) is 0 Å². The Hall–Kier alpha value is -0.830. The van der Waals surface area contributed by atoms with E-state index in [1.165, 1.54) is 0 Å². The Bertz CT molecular complexity index is 252. The largest absolute Gasteiger partial charge is 0.490 e. The zero-order valence-electron chi connectivity index (χ0n) is 9.04. The van der Waals surface area contributed by atoms with Crippen LogP contribution >= 0.6 is 0 Å². The molecule has 0 radical (unpaired) electrons. The van der Waals surface area contributed by atoms with Gasteiger partial charge >= 0.3 is 0 Å². The summed E-state index contributed by atoms with van der Waals surface area (Å²) in [5, 5.41) is 0. The number of carbonyl (C=O) groups excluding carboxylic acids is 1. The van der Waals surface area contributed by atoms with Gasteiger partial charge in [0.15, 0.2) is 11.5 Å². The summed E-state index contributed by atoms with van der Waals surface area (Å²) >= 11 is 0. The van der Waals surface area contributed by atoms with Crippen molar-refractivity contribution in [2.75, 3.05) is 13.2 Å². The maximum atomic E-state index is 11.7. The minimum atomic E-state index is 0.144. The van der Waals surface area contributed by atoms with E-state index in [0.29, 0.717) is 24.9 Å². The number of ether oxygens (including phenoxy) is 2. The molecule has 1 atom stereocenters. The molecular formula is C12H18O3. The highest BCUT2D eigenvalue weighted by Gasteiger charge is 2.19. The van der Waals surface area contributed by atoms with Crippen LogP contribution in [0.15, 0.2) is 11.8 Å². The molecule has 15 heavy (non-hydrogen) atoms. The second-order valence-electron chi connectivity index (χ2n) is 4.16. The van der Waals surface area contributed by atoms with Gasteiger partial charge < -0.3 is 9.47 Å². The van der Waals surface area contributed by atoms with Gasteiger partial charge in [-0.25, -0.2) is 0 Å². The smallest absolute Gasteiger partial charge is 0.197 e. The lowest BCUT2D eigenvalue weighted by Crippen LogP contribution is -2.14. The Morgan fingerprint density at radius 3 is 3.00 bits per heavy atom. The molecule has 0 aromatic heterocycles. The fourth-order valence-corrected chi connectivity index (χ4v) is 2.04. The summed E-state index contributed by atoms with van der Waals surface area (Å²) in [5.74, 6) is 0.726. The SMILES string of the molecule is O=C(CCC1CCCO1)C1=CCCCO1. The first-order valence-corrected chi connectivity index (χ1v) is 5.84. The molecule has 3 heteroatoms. The van der Waals surface area contributed by atoms with E-state index >= 15 is 0 Å². The lowest BCUT2D eigenvalue weighted by Gasteiger charge is -2.14. The fourth-order valence-electron chi connectivity index (χ4n) is 2.04. The Morgan fingerprint density at radius 1 is 1.40 bits per heavy atom. The highest BCUT2D eigenvalue weighted by Crippen LogP contribution is 2.19. The topological polar surface area (TPSA) is 35.5 Å². The van der Waals surface area contributed by atoms with E-state index < -0.39 is 0 Å². The molecule has 0 bridgehead atoms. The number of rotatable bonds is 4. The van der Waals surface area contributed by atoms with Crippen molar-refractivity contribution in [2.24, 2.45) is 0 Å². The number of allylic oxidation sites excluding steroid dienone is 2. The fraction of sp³-hybridized carbons (Fsp3) is 0.750. The van der Waals surface area contributed by atoms with Gasteiger partial charge in [0.2, 0.25) is 0 Å². The van der Waals surface area contributed by atoms with Gasteiger partial charge in [-0.15, -0.1) is 0 Å². The number of ketones is 1. The minimum Gasteiger partial charge on any atom is -0.490 e. The first kappa shape index (κ1) is 10.7. The van der Waals surface area contributed by atoms with Gasteiger partial charge in [-0.1, -0.05) is 0 Å². The molecule has 2 heterocycles. The molecule has 1 saturated heterocycles. The molecule has 0 N–H and O–H groups in total. The predicted molar refractivity (Wildman–Crippen MR) is 56.5 cm³/mol. The van der Waals surface area contributed by atoms with Crippen molar-refractivity contribution in [3.63, 3.8) is 0 Å². The normalized spacial score (nSPS) is 25.9. The lowest BCUT2D eigenvalue weighted by atomic mass is 10.1. The monoisotopic (exact) mass is 210 g/mol. The molecule has 2 aliphatic heterocycles.